The van der Waals surface area contributed by atoms with E-state index in [-0.39, 0.29) is 5.54 Å². The van der Waals surface area contributed by atoms with Gasteiger partial charge in [0, 0.05) is 11.3 Å². The van der Waals surface area contributed by atoms with Gasteiger partial charge in [-0.3, -0.25) is 0 Å². The fraction of sp³-hybridized carbons (Fsp3) is 0.462. The van der Waals surface area contributed by atoms with Crippen LogP contribution in [-0.4, -0.2) is 20.2 Å². The van der Waals surface area contributed by atoms with E-state index in [2.05, 4.69) is 22.4 Å². The lowest BCUT2D eigenvalue weighted by atomic mass is 9.75. The van der Waals surface area contributed by atoms with Gasteiger partial charge in [0.15, 0.2) is 5.82 Å². The third-order valence-electron chi connectivity index (χ3n) is 4.06. The van der Waals surface area contributed by atoms with E-state index < -0.39 is 0 Å². The van der Waals surface area contributed by atoms with Gasteiger partial charge in [-0.1, -0.05) is 19.1 Å². The predicted molar refractivity (Wildman–Crippen MR) is 69.8 cm³/mol. The van der Waals surface area contributed by atoms with E-state index in [1.807, 2.05) is 28.9 Å². The first-order valence-corrected chi connectivity index (χ1v) is 6.40. The summed E-state index contributed by atoms with van der Waals surface area (Å²) in [5.74, 6) is 0.787. The number of aromatic nitrogens is 4. The second-order valence-electron chi connectivity index (χ2n) is 4.93. The molecular weight excluding hydrogens is 226 g/mol. The van der Waals surface area contributed by atoms with Crippen molar-refractivity contribution < 1.29 is 0 Å². The summed E-state index contributed by atoms with van der Waals surface area (Å²) >= 11 is 0. The van der Waals surface area contributed by atoms with Crippen molar-refractivity contribution >= 4 is 5.69 Å². The van der Waals surface area contributed by atoms with Gasteiger partial charge in [0.05, 0.1) is 5.54 Å². The molecule has 3 rings (SSSR count). The minimum atomic E-state index is 0.0983. The van der Waals surface area contributed by atoms with Crippen molar-refractivity contribution in [3.05, 3.63) is 24.3 Å². The van der Waals surface area contributed by atoms with Gasteiger partial charge in [-0.25, -0.2) is 4.68 Å². The maximum absolute atomic E-state index is 6.02. The minimum Gasteiger partial charge on any atom is -0.398 e. The molecule has 1 aliphatic rings. The lowest BCUT2D eigenvalue weighted by Crippen LogP contribution is -2.41. The largest absolute Gasteiger partial charge is 0.398 e. The minimum absolute atomic E-state index is 0.0983. The maximum Gasteiger partial charge on any atom is 0.184 e. The number of anilines is 1. The van der Waals surface area contributed by atoms with Crippen LogP contribution < -0.4 is 5.73 Å². The summed E-state index contributed by atoms with van der Waals surface area (Å²) in [5, 5.41) is 12.2. The zero-order valence-corrected chi connectivity index (χ0v) is 10.5. The van der Waals surface area contributed by atoms with Crippen LogP contribution in [0.3, 0.4) is 0 Å². The molecule has 0 radical (unpaired) electrons. The summed E-state index contributed by atoms with van der Waals surface area (Å²) in [5.41, 5.74) is 7.75. The van der Waals surface area contributed by atoms with E-state index in [0.717, 1.165) is 36.3 Å². The highest BCUT2D eigenvalue weighted by Crippen LogP contribution is 2.43. The summed E-state index contributed by atoms with van der Waals surface area (Å²) in [6.45, 7) is 2.19. The van der Waals surface area contributed by atoms with Crippen LogP contribution in [0.1, 0.15) is 32.6 Å². The van der Waals surface area contributed by atoms with E-state index in [9.17, 15) is 0 Å². The Hall–Kier alpha value is -1.91. The SMILES string of the molecule is CCC1(n2nnnc2-c2ccccc2N)CCC1. The highest BCUT2D eigenvalue weighted by Gasteiger charge is 2.40. The lowest BCUT2D eigenvalue weighted by molar-refractivity contribution is 0.118. The topological polar surface area (TPSA) is 69.6 Å². The first-order valence-electron chi connectivity index (χ1n) is 6.40. The molecule has 0 amide bonds. The van der Waals surface area contributed by atoms with Crippen molar-refractivity contribution in [2.75, 3.05) is 5.73 Å². The molecule has 1 heterocycles. The first kappa shape index (κ1) is 11.2. The average Bonchev–Trinajstić information content (AvgIpc) is 2.79. The molecule has 1 aromatic heterocycles. The van der Waals surface area contributed by atoms with E-state index in [1.54, 1.807) is 0 Å². The summed E-state index contributed by atoms with van der Waals surface area (Å²) < 4.78 is 1.97. The van der Waals surface area contributed by atoms with Gasteiger partial charge in [-0.05, 0) is 48.2 Å². The van der Waals surface area contributed by atoms with Gasteiger partial charge < -0.3 is 5.73 Å². The number of nitrogens with two attached hydrogens (primary N) is 1. The Morgan fingerprint density at radius 3 is 2.72 bits per heavy atom. The monoisotopic (exact) mass is 243 g/mol. The Morgan fingerprint density at radius 2 is 2.11 bits per heavy atom. The quantitative estimate of drug-likeness (QED) is 0.839. The number of para-hydroxylation sites is 1. The molecule has 0 aliphatic heterocycles. The Labute approximate surface area is 106 Å². The molecular formula is C13H17N5. The molecule has 2 N–H and O–H groups in total. The van der Waals surface area contributed by atoms with Crippen LogP contribution in [0.2, 0.25) is 0 Å². The fourth-order valence-corrected chi connectivity index (χ4v) is 2.68. The Bertz CT molecular complexity index is 551. The number of hydrogen-bond acceptors (Lipinski definition) is 4. The van der Waals surface area contributed by atoms with E-state index in [1.165, 1.54) is 6.42 Å². The molecule has 0 atom stereocenters. The van der Waals surface area contributed by atoms with E-state index >= 15 is 0 Å². The van der Waals surface area contributed by atoms with Gasteiger partial charge in [-0.2, -0.15) is 0 Å². The molecule has 18 heavy (non-hydrogen) atoms. The second-order valence-corrected chi connectivity index (χ2v) is 4.93. The molecule has 2 aromatic rings. The van der Waals surface area contributed by atoms with Crippen LogP contribution >= 0.6 is 0 Å². The normalized spacial score (nSPS) is 17.4. The summed E-state index contributed by atoms with van der Waals surface area (Å²) in [7, 11) is 0. The van der Waals surface area contributed by atoms with Crippen LogP contribution in [0.4, 0.5) is 5.69 Å². The standard InChI is InChI=1S/C13H17N5/c1-2-13(8-5-9-13)18-12(15-16-17-18)10-6-3-4-7-11(10)14/h3-4,6-7H,2,5,8-9,14H2,1H3. The van der Waals surface area contributed by atoms with Gasteiger partial charge in [0.25, 0.3) is 0 Å². The van der Waals surface area contributed by atoms with Gasteiger partial charge in [0.1, 0.15) is 0 Å². The highest BCUT2D eigenvalue weighted by atomic mass is 15.6. The summed E-state index contributed by atoms with van der Waals surface area (Å²) in [6, 6.07) is 7.74. The maximum atomic E-state index is 6.02. The van der Waals surface area contributed by atoms with Crippen molar-refractivity contribution in [3.8, 4) is 11.4 Å². The molecule has 1 saturated carbocycles. The predicted octanol–water partition coefficient (Wildman–Crippen LogP) is 2.21. The molecule has 0 bridgehead atoms. The van der Waals surface area contributed by atoms with Gasteiger partial charge >= 0.3 is 0 Å². The molecule has 94 valence electrons. The summed E-state index contributed by atoms with van der Waals surface area (Å²) in [4.78, 5) is 0. The third-order valence-corrected chi connectivity index (χ3v) is 4.06. The molecule has 0 unspecified atom stereocenters. The van der Waals surface area contributed by atoms with Crippen molar-refractivity contribution in [1.29, 1.82) is 0 Å². The highest BCUT2D eigenvalue weighted by molar-refractivity contribution is 5.71. The molecule has 1 fully saturated rings. The van der Waals surface area contributed by atoms with E-state index in [0.29, 0.717) is 0 Å². The number of tetrazole rings is 1. The smallest absolute Gasteiger partial charge is 0.184 e. The van der Waals surface area contributed by atoms with Crippen LogP contribution in [-0.2, 0) is 5.54 Å². The number of benzene rings is 1. The molecule has 0 saturated heterocycles. The average molecular weight is 243 g/mol. The van der Waals surface area contributed by atoms with Gasteiger partial charge in [-0.15, -0.1) is 5.10 Å². The van der Waals surface area contributed by atoms with E-state index in [4.69, 9.17) is 5.73 Å². The number of hydrogen-bond donors (Lipinski definition) is 1. The van der Waals surface area contributed by atoms with Crippen LogP contribution in [0.25, 0.3) is 11.4 Å². The number of nitrogen functional groups attached to an aromatic ring is 1. The van der Waals surface area contributed by atoms with Crippen molar-refractivity contribution in [1.82, 2.24) is 20.2 Å². The molecule has 5 heteroatoms. The summed E-state index contributed by atoms with van der Waals surface area (Å²) in [6.07, 6.45) is 4.59. The van der Waals surface area contributed by atoms with Crippen LogP contribution in [0, 0.1) is 0 Å². The molecule has 1 aromatic carbocycles. The molecule has 5 nitrogen and oxygen atoms in total. The van der Waals surface area contributed by atoms with Crippen molar-refractivity contribution in [3.63, 3.8) is 0 Å². The Kier molecular flexibility index (Phi) is 2.54. The zero-order chi connectivity index (χ0) is 12.6. The molecule has 1 aliphatic carbocycles. The lowest BCUT2D eigenvalue weighted by Gasteiger charge is -2.41. The fourth-order valence-electron chi connectivity index (χ4n) is 2.68. The Balaban J connectivity index is 2.10. The number of rotatable bonds is 3. The van der Waals surface area contributed by atoms with Crippen molar-refractivity contribution in [2.24, 2.45) is 0 Å². The zero-order valence-electron chi connectivity index (χ0n) is 10.5. The second kappa shape index (κ2) is 4.08. The van der Waals surface area contributed by atoms with Gasteiger partial charge in [0.2, 0.25) is 0 Å². The van der Waals surface area contributed by atoms with Crippen molar-refractivity contribution in [2.45, 2.75) is 38.1 Å². The van der Waals surface area contributed by atoms with Crippen LogP contribution in [0.15, 0.2) is 24.3 Å². The molecule has 0 spiro atoms. The third kappa shape index (κ3) is 1.50. The van der Waals surface area contributed by atoms with Crippen LogP contribution in [0.5, 0.6) is 0 Å². The first-order chi connectivity index (χ1) is 8.77. The number of nitrogens with zero attached hydrogens (tertiary/aromatic N) is 4. The Morgan fingerprint density at radius 1 is 1.33 bits per heavy atom.